The summed E-state index contributed by atoms with van der Waals surface area (Å²) in [5, 5.41) is 10.6. The molecular formula is C25H31N5O3S2. The lowest BCUT2D eigenvalue weighted by Gasteiger charge is -2.33. The van der Waals surface area contributed by atoms with Gasteiger partial charge in [-0.2, -0.15) is 4.31 Å². The van der Waals surface area contributed by atoms with E-state index in [1.807, 2.05) is 37.3 Å². The van der Waals surface area contributed by atoms with Crippen molar-refractivity contribution < 1.29 is 13.2 Å². The van der Waals surface area contributed by atoms with Crippen molar-refractivity contribution >= 4 is 27.7 Å². The Morgan fingerprint density at radius 1 is 1.09 bits per heavy atom. The van der Waals surface area contributed by atoms with Crippen LogP contribution in [0.2, 0.25) is 0 Å². The lowest BCUT2D eigenvalue weighted by molar-refractivity contribution is -0.121. The first kappa shape index (κ1) is 25.4. The molecule has 0 atom stereocenters. The van der Waals surface area contributed by atoms with Crippen LogP contribution in [0.4, 0.5) is 0 Å². The third kappa shape index (κ3) is 6.71. The largest absolute Gasteiger partial charge is 0.354 e. The van der Waals surface area contributed by atoms with Gasteiger partial charge in [-0.1, -0.05) is 79.1 Å². The molecule has 0 bridgehead atoms. The van der Waals surface area contributed by atoms with E-state index >= 15 is 0 Å². The number of aryl methyl sites for hydroxylation is 1. The summed E-state index contributed by atoms with van der Waals surface area (Å²) >= 11 is 1.43. The number of amides is 1. The zero-order valence-electron chi connectivity index (χ0n) is 19.8. The SMILES string of the molecule is Cc1ccc(S(=O)(=O)N(CC(=O)NCCSc2n[nH]c(-c3ccccc3)n2)C2CCCCC2)cc1. The number of carbonyl (C=O) groups is 1. The Balaban J connectivity index is 1.33. The molecular weight excluding hydrogens is 482 g/mol. The van der Waals surface area contributed by atoms with Gasteiger partial charge in [-0.3, -0.25) is 9.89 Å². The highest BCUT2D eigenvalue weighted by molar-refractivity contribution is 7.99. The first-order valence-electron chi connectivity index (χ1n) is 11.9. The van der Waals surface area contributed by atoms with E-state index in [0.717, 1.165) is 43.2 Å². The molecule has 0 saturated heterocycles. The fourth-order valence-electron chi connectivity index (χ4n) is 4.19. The minimum atomic E-state index is -3.77. The molecule has 4 rings (SSSR count). The van der Waals surface area contributed by atoms with Crippen LogP contribution in [0.1, 0.15) is 37.7 Å². The van der Waals surface area contributed by atoms with E-state index in [1.165, 1.54) is 16.1 Å². The smallest absolute Gasteiger partial charge is 0.243 e. The van der Waals surface area contributed by atoms with Crippen molar-refractivity contribution in [2.24, 2.45) is 0 Å². The van der Waals surface area contributed by atoms with Crippen LogP contribution in [0.3, 0.4) is 0 Å². The molecule has 1 heterocycles. The average molecular weight is 514 g/mol. The van der Waals surface area contributed by atoms with Crippen LogP contribution in [0.5, 0.6) is 0 Å². The van der Waals surface area contributed by atoms with Gasteiger partial charge in [0.05, 0.1) is 11.4 Å². The number of benzene rings is 2. The van der Waals surface area contributed by atoms with Gasteiger partial charge in [-0.15, -0.1) is 5.10 Å². The van der Waals surface area contributed by atoms with E-state index in [9.17, 15) is 13.2 Å². The van der Waals surface area contributed by atoms with Crippen molar-refractivity contribution in [3.8, 4) is 11.4 Å². The van der Waals surface area contributed by atoms with Gasteiger partial charge in [0.1, 0.15) is 0 Å². The molecule has 0 unspecified atom stereocenters. The molecule has 0 radical (unpaired) electrons. The Labute approximate surface area is 211 Å². The van der Waals surface area contributed by atoms with Gasteiger partial charge in [-0.05, 0) is 31.9 Å². The molecule has 1 saturated carbocycles. The maximum absolute atomic E-state index is 13.4. The third-order valence-corrected chi connectivity index (χ3v) is 8.84. The van der Waals surface area contributed by atoms with Crippen molar-refractivity contribution in [2.45, 2.75) is 55.1 Å². The lowest BCUT2D eigenvalue weighted by atomic mass is 9.95. The van der Waals surface area contributed by atoms with Gasteiger partial charge in [0.2, 0.25) is 21.1 Å². The van der Waals surface area contributed by atoms with E-state index in [0.29, 0.717) is 23.3 Å². The maximum Gasteiger partial charge on any atom is 0.243 e. The average Bonchev–Trinajstić information content (AvgIpc) is 3.35. The minimum Gasteiger partial charge on any atom is -0.354 e. The molecule has 2 aromatic carbocycles. The van der Waals surface area contributed by atoms with Crippen molar-refractivity contribution in [2.75, 3.05) is 18.8 Å². The number of aromatic nitrogens is 3. The second kappa shape index (κ2) is 11.8. The lowest BCUT2D eigenvalue weighted by Crippen LogP contribution is -2.47. The number of thioether (sulfide) groups is 1. The number of nitrogens with one attached hydrogen (secondary N) is 2. The summed E-state index contributed by atoms with van der Waals surface area (Å²) in [6.07, 6.45) is 4.62. The Kier molecular flexibility index (Phi) is 8.59. The highest BCUT2D eigenvalue weighted by Crippen LogP contribution is 2.28. The fraction of sp³-hybridized carbons (Fsp3) is 0.400. The van der Waals surface area contributed by atoms with Crippen molar-refractivity contribution in [3.63, 3.8) is 0 Å². The van der Waals surface area contributed by atoms with E-state index in [-0.39, 0.29) is 23.4 Å². The Hall–Kier alpha value is -2.69. The summed E-state index contributed by atoms with van der Waals surface area (Å²) in [5.74, 6) is 0.972. The van der Waals surface area contributed by atoms with E-state index < -0.39 is 10.0 Å². The second-order valence-corrected chi connectivity index (χ2v) is 11.6. The van der Waals surface area contributed by atoms with Crippen LogP contribution in [0.15, 0.2) is 64.6 Å². The van der Waals surface area contributed by atoms with Crippen LogP contribution < -0.4 is 5.32 Å². The molecule has 2 N–H and O–H groups in total. The third-order valence-electron chi connectivity index (χ3n) is 6.08. The first-order valence-corrected chi connectivity index (χ1v) is 14.3. The predicted octanol–water partition coefficient (Wildman–Crippen LogP) is 4.01. The molecule has 0 aliphatic heterocycles. The summed E-state index contributed by atoms with van der Waals surface area (Å²) in [7, 11) is -3.77. The summed E-state index contributed by atoms with van der Waals surface area (Å²) in [6.45, 7) is 2.13. The molecule has 1 aliphatic carbocycles. The normalized spacial score (nSPS) is 14.8. The quantitative estimate of drug-likeness (QED) is 0.313. The van der Waals surface area contributed by atoms with Crippen LogP contribution in [-0.2, 0) is 14.8 Å². The number of carbonyl (C=O) groups excluding carboxylic acids is 1. The number of hydrogen-bond acceptors (Lipinski definition) is 6. The number of nitrogens with zero attached hydrogens (tertiary/aromatic N) is 3. The summed E-state index contributed by atoms with van der Waals surface area (Å²) < 4.78 is 28.3. The molecule has 1 fully saturated rings. The van der Waals surface area contributed by atoms with E-state index in [2.05, 4.69) is 20.5 Å². The first-order chi connectivity index (χ1) is 16.9. The van der Waals surface area contributed by atoms with Gasteiger partial charge >= 0.3 is 0 Å². The fourth-order valence-corrected chi connectivity index (χ4v) is 6.49. The van der Waals surface area contributed by atoms with E-state index in [1.54, 1.807) is 24.3 Å². The van der Waals surface area contributed by atoms with Crippen molar-refractivity contribution in [1.82, 2.24) is 24.8 Å². The molecule has 0 spiro atoms. The Morgan fingerprint density at radius 3 is 2.51 bits per heavy atom. The second-order valence-electron chi connectivity index (χ2n) is 8.69. The van der Waals surface area contributed by atoms with Gasteiger partial charge < -0.3 is 5.32 Å². The molecule has 8 nitrogen and oxygen atoms in total. The summed E-state index contributed by atoms with van der Waals surface area (Å²) in [5.41, 5.74) is 1.95. The van der Waals surface area contributed by atoms with Gasteiger partial charge in [0.25, 0.3) is 0 Å². The monoisotopic (exact) mass is 513 g/mol. The number of rotatable bonds is 10. The molecule has 1 amide bonds. The molecule has 186 valence electrons. The van der Waals surface area contributed by atoms with Gasteiger partial charge in [0.15, 0.2) is 5.82 Å². The number of sulfonamides is 1. The molecule has 1 aliphatic rings. The topological polar surface area (TPSA) is 108 Å². The maximum atomic E-state index is 13.4. The zero-order chi connectivity index (χ0) is 24.7. The van der Waals surface area contributed by atoms with Crippen molar-refractivity contribution in [1.29, 1.82) is 0 Å². The Morgan fingerprint density at radius 2 is 1.80 bits per heavy atom. The van der Waals surface area contributed by atoms with Gasteiger partial charge in [0, 0.05) is 23.9 Å². The molecule has 35 heavy (non-hydrogen) atoms. The zero-order valence-corrected chi connectivity index (χ0v) is 21.4. The number of aromatic amines is 1. The van der Waals surface area contributed by atoms with Crippen LogP contribution >= 0.6 is 11.8 Å². The molecule has 1 aromatic heterocycles. The standard InChI is InChI=1S/C25H31N5O3S2/c1-19-12-14-22(15-13-19)35(32,33)30(21-10-6-3-7-11-21)18-23(31)26-16-17-34-25-27-24(28-29-25)20-8-4-2-5-9-20/h2,4-5,8-9,12-15,21H,3,6-7,10-11,16-18H2,1H3,(H,26,31)(H,27,28,29). The minimum absolute atomic E-state index is 0.153. The summed E-state index contributed by atoms with van der Waals surface area (Å²) in [6, 6.07) is 16.4. The summed E-state index contributed by atoms with van der Waals surface area (Å²) in [4.78, 5) is 17.5. The van der Waals surface area contributed by atoms with E-state index in [4.69, 9.17) is 0 Å². The molecule has 10 heteroatoms. The van der Waals surface area contributed by atoms with Crippen LogP contribution in [-0.4, -0.2) is 58.7 Å². The van der Waals surface area contributed by atoms with Crippen LogP contribution in [0, 0.1) is 6.92 Å². The van der Waals surface area contributed by atoms with Crippen LogP contribution in [0.25, 0.3) is 11.4 Å². The van der Waals surface area contributed by atoms with Crippen molar-refractivity contribution in [3.05, 3.63) is 60.2 Å². The number of H-pyrrole nitrogens is 1. The predicted molar refractivity (Wildman–Crippen MR) is 137 cm³/mol. The number of hydrogen-bond donors (Lipinski definition) is 2. The Bertz CT molecular complexity index is 1210. The highest BCUT2D eigenvalue weighted by atomic mass is 32.2. The van der Waals surface area contributed by atoms with Gasteiger partial charge in [-0.25, -0.2) is 13.4 Å². The molecule has 3 aromatic rings. The highest BCUT2D eigenvalue weighted by Gasteiger charge is 2.33.